The maximum Gasteiger partial charge on any atom is 0.295 e. The number of hydrogen-bond donors (Lipinski definition) is 4. The maximum absolute atomic E-state index is 11.5. The zero-order chi connectivity index (χ0) is 18.3. The van der Waals surface area contributed by atoms with Crippen LogP contribution in [0.15, 0.2) is 34.1 Å². The van der Waals surface area contributed by atoms with Crippen molar-refractivity contribution in [3.05, 3.63) is 24.3 Å². The Morgan fingerprint density at radius 2 is 1.71 bits per heavy atom. The first kappa shape index (κ1) is 18.4. The number of phenolic OH excluding ortho intramolecular Hbond substituents is 1. The number of alkyl halides is 1. The molecule has 9 nitrogen and oxygen atoms in total. The van der Waals surface area contributed by atoms with Crippen molar-refractivity contribution in [1.29, 1.82) is 0 Å². The summed E-state index contributed by atoms with van der Waals surface area (Å²) in [6, 6.07) is 3.39. The molecule has 0 aromatic heterocycles. The first-order valence-electron chi connectivity index (χ1n) is 6.05. The van der Waals surface area contributed by atoms with Gasteiger partial charge in [-0.2, -0.15) is 16.8 Å². The molecule has 0 spiro atoms. The highest BCUT2D eigenvalue weighted by atomic mass is 35.5. The predicted octanol–water partition coefficient (Wildman–Crippen LogP) is 1.22. The molecule has 130 valence electrons. The van der Waals surface area contributed by atoms with E-state index in [1.165, 1.54) is 0 Å². The van der Waals surface area contributed by atoms with Crippen molar-refractivity contribution in [2.45, 2.75) is 9.79 Å². The second-order valence-electron chi connectivity index (χ2n) is 4.61. The van der Waals surface area contributed by atoms with Crippen LogP contribution in [-0.2, 0) is 25.0 Å². The number of hydrogen-bond acceptors (Lipinski definition) is 6. The number of carbonyl (C=O) groups is 1. The molecule has 0 bridgehead atoms. The minimum Gasteiger partial charge on any atom is -0.507 e. The fraction of sp³-hybridized carbons (Fsp3) is 0.0833. The molecule has 0 saturated heterocycles. The topological polar surface area (TPSA) is 158 Å². The minimum atomic E-state index is -4.79. The Morgan fingerprint density at radius 1 is 1.08 bits per heavy atom. The average molecular weight is 396 g/mol. The van der Waals surface area contributed by atoms with Crippen LogP contribution in [0.3, 0.4) is 0 Å². The first-order chi connectivity index (χ1) is 10.9. The van der Waals surface area contributed by atoms with Crippen molar-refractivity contribution in [2.24, 2.45) is 0 Å². The summed E-state index contributed by atoms with van der Waals surface area (Å²) < 4.78 is 63.8. The number of anilines is 1. The van der Waals surface area contributed by atoms with Crippen molar-refractivity contribution in [1.82, 2.24) is 0 Å². The van der Waals surface area contributed by atoms with Gasteiger partial charge in [-0.3, -0.25) is 13.9 Å². The van der Waals surface area contributed by atoms with Gasteiger partial charge in [-0.1, -0.05) is 0 Å². The van der Waals surface area contributed by atoms with E-state index in [1.807, 2.05) is 0 Å². The molecule has 0 atom stereocenters. The van der Waals surface area contributed by atoms with E-state index in [2.05, 4.69) is 5.32 Å². The van der Waals surface area contributed by atoms with E-state index in [0.29, 0.717) is 6.07 Å². The average Bonchev–Trinajstić information content (AvgIpc) is 2.44. The van der Waals surface area contributed by atoms with Crippen LogP contribution in [0.5, 0.6) is 5.75 Å². The van der Waals surface area contributed by atoms with Gasteiger partial charge in [-0.15, -0.1) is 11.6 Å². The van der Waals surface area contributed by atoms with Crippen molar-refractivity contribution >= 4 is 54.2 Å². The lowest BCUT2D eigenvalue weighted by Crippen LogP contribution is -2.13. The zero-order valence-corrected chi connectivity index (χ0v) is 14.0. The number of aromatic hydroxyl groups is 1. The highest BCUT2D eigenvalue weighted by Gasteiger charge is 2.22. The van der Waals surface area contributed by atoms with Gasteiger partial charge in [0.15, 0.2) is 0 Å². The van der Waals surface area contributed by atoms with E-state index in [9.17, 15) is 31.3 Å². The van der Waals surface area contributed by atoms with Gasteiger partial charge in [0.2, 0.25) is 5.91 Å². The van der Waals surface area contributed by atoms with Crippen LogP contribution in [0, 0.1) is 0 Å². The number of amides is 1. The van der Waals surface area contributed by atoms with Gasteiger partial charge in [-0.25, -0.2) is 0 Å². The molecule has 0 fully saturated rings. The Balaban J connectivity index is 2.95. The summed E-state index contributed by atoms with van der Waals surface area (Å²) in [5.41, 5.74) is -0.0672. The number of halogens is 1. The smallest absolute Gasteiger partial charge is 0.295 e. The molecule has 1 amide bonds. The Kier molecular flexibility index (Phi) is 4.74. The molecule has 0 saturated carbocycles. The van der Waals surface area contributed by atoms with Gasteiger partial charge in [0, 0.05) is 16.8 Å². The van der Waals surface area contributed by atoms with Crippen LogP contribution < -0.4 is 5.32 Å². The number of rotatable bonds is 4. The number of phenols is 1. The highest BCUT2D eigenvalue weighted by Crippen LogP contribution is 2.38. The molecule has 0 aliphatic rings. The van der Waals surface area contributed by atoms with E-state index in [0.717, 1.165) is 18.2 Å². The molecular weight excluding hydrogens is 386 g/mol. The van der Waals surface area contributed by atoms with Crippen molar-refractivity contribution in [3.8, 4) is 5.75 Å². The molecule has 24 heavy (non-hydrogen) atoms. The second-order valence-corrected chi connectivity index (χ2v) is 7.69. The summed E-state index contributed by atoms with van der Waals surface area (Å²) in [4.78, 5) is 9.90. The highest BCUT2D eigenvalue weighted by molar-refractivity contribution is 7.86. The number of benzene rings is 2. The van der Waals surface area contributed by atoms with Gasteiger partial charge in [0.1, 0.15) is 16.5 Å². The zero-order valence-electron chi connectivity index (χ0n) is 11.6. The minimum absolute atomic E-state index is 0.0672. The van der Waals surface area contributed by atoms with Crippen LogP contribution >= 0.6 is 11.6 Å². The SMILES string of the molecule is O=C(CCl)Nc1ccc(S(=O)(=O)O)c2cc(S(=O)(=O)O)cc(O)c12. The van der Waals surface area contributed by atoms with Gasteiger partial charge in [0.25, 0.3) is 20.2 Å². The molecule has 0 aliphatic heterocycles. The largest absolute Gasteiger partial charge is 0.507 e. The molecule has 12 heteroatoms. The summed E-state index contributed by atoms with van der Waals surface area (Å²) in [5, 5.41) is 11.7. The summed E-state index contributed by atoms with van der Waals surface area (Å²) in [6.45, 7) is 0. The summed E-state index contributed by atoms with van der Waals surface area (Å²) in [5.74, 6) is -1.84. The van der Waals surface area contributed by atoms with Gasteiger partial charge in [0.05, 0.1) is 10.6 Å². The second kappa shape index (κ2) is 6.18. The van der Waals surface area contributed by atoms with Crippen LogP contribution in [0.4, 0.5) is 5.69 Å². The first-order valence-corrected chi connectivity index (χ1v) is 9.47. The third-order valence-electron chi connectivity index (χ3n) is 3.00. The lowest BCUT2D eigenvalue weighted by atomic mass is 10.1. The molecule has 0 heterocycles. The van der Waals surface area contributed by atoms with E-state index in [-0.39, 0.29) is 11.1 Å². The summed E-state index contributed by atoms with van der Waals surface area (Å²) in [6.07, 6.45) is 0. The van der Waals surface area contributed by atoms with Crippen LogP contribution in [0.25, 0.3) is 10.8 Å². The Hall–Kier alpha value is -1.92. The fourth-order valence-electron chi connectivity index (χ4n) is 2.07. The number of carbonyl (C=O) groups excluding carboxylic acids is 1. The molecular formula is C12H10ClNO8S2. The van der Waals surface area contributed by atoms with Gasteiger partial charge in [-0.05, 0) is 18.2 Å². The quantitative estimate of drug-likeness (QED) is 0.444. The van der Waals surface area contributed by atoms with Crippen molar-refractivity contribution in [2.75, 3.05) is 11.2 Å². The molecule has 2 aromatic carbocycles. The Labute approximate surface area is 141 Å². The van der Waals surface area contributed by atoms with Crippen LogP contribution in [0.2, 0.25) is 0 Å². The maximum atomic E-state index is 11.5. The standard InChI is InChI=1S/C12H10ClNO8S2/c13-5-11(16)14-8-1-2-10(24(20,21)22)7-3-6(23(17,18)19)4-9(15)12(7)8/h1-4,15H,5H2,(H,14,16)(H,17,18,19)(H,20,21,22). The Morgan fingerprint density at radius 3 is 2.21 bits per heavy atom. The molecule has 0 aliphatic carbocycles. The molecule has 2 rings (SSSR count). The third-order valence-corrected chi connectivity index (χ3v) is 4.98. The number of nitrogens with one attached hydrogen (secondary N) is 1. The van der Waals surface area contributed by atoms with Crippen molar-refractivity contribution < 1.29 is 35.8 Å². The van der Waals surface area contributed by atoms with E-state index in [4.69, 9.17) is 16.2 Å². The summed E-state index contributed by atoms with van der Waals surface area (Å²) >= 11 is 5.36. The predicted molar refractivity (Wildman–Crippen MR) is 84.6 cm³/mol. The fourth-order valence-corrected chi connectivity index (χ4v) is 3.35. The normalized spacial score (nSPS) is 12.3. The number of fused-ring (bicyclic) bond motifs is 1. The lowest BCUT2D eigenvalue weighted by Gasteiger charge is -2.13. The molecule has 0 radical (unpaired) electrons. The monoisotopic (exact) mass is 395 g/mol. The van der Waals surface area contributed by atoms with E-state index in [1.54, 1.807) is 0 Å². The van der Waals surface area contributed by atoms with Crippen LogP contribution in [-0.4, -0.2) is 42.8 Å². The molecule has 0 unspecified atom stereocenters. The van der Waals surface area contributed by atoms with Gasteiger partial charge < -0.3 is 10.4 Å². The lowest BCUT2D eigenvalue weighted by molar-refractivity contribution is -0.113. The van der Waals surface area contributed by atoms with Crippen molar-refractivity contribution in [3.63, 3.8) is 0 Å². The molecule has 4 N–H and O–H groups in total. The third kappa shape index (κ3) is 3.60. The summed E-state index contributed by atoms with van der Waals surface area (Å²) in [7, 11) is -9.55. The van der Waals surface area contributed by atoms with Gasteiger partial charge >= 0.3 is 0 Å². The van der Waals surface area contributed by atoms with E-state index >= 15 is 0 Å². The van der Waals surface area contributed by atoms with E-state index < -0.39 is 53.0 Å². The molecule has 2 aromatic rings. The Bertz CT molecular complexity index is 1050. The van der Waals surface area contributed by atoms with Crippen LogP contribution in [0.1, 0.15) is 0 Å².